The number of nitrogens with zero attached hydrogens (tertiary/aromatic N) is 6. The maximum atomic E-state index is 12.8. The minimum absolute atomic E-state index is 0.00859. The average molecular weight is 365 g/mol. The summed E-state index contributed by atoms with van der Waals surface area (Å²) >= 11 is 0. The number of hydrogen-bond donors (Lipinski definition) is 1. The summed E-state index contributed by atoms with van der Waals surface area (Å²) in [6.07, 6.45) is -3.00. The molecule has 4 rings (SSSR count). The molecule has 3 aromatic rings. The Hall–Kier alpha value is -3.44. The van der Waals surface area contributed by atoms with Crippen molar-refractivity contribution in [2.45, 2.75) is 12.7 Å². The topological polar surface area (TPSA) is 98.1 Å². The van der Waals surface area contributed by atoms with E-state index in [2.05, 4.69) is 25.6 Å². The van der Waals surface area contributed by atoms with E-state index in [0.29, 0.717) is 11.4 Å². The van der Waals surface area contributed by atoms with Crippen molar-refractivity contribution < 1.29 is 22.8 Å². The zero-order valence-electron chi connectivity index (χ0n) is 13.2. The number of carbonyl (C=O) groups excluding carboxylic acids is 1. The fraction of sp³-hybridized carbons (Fsp3) is 0.214. The van der Waals surface area contributed by atoms with Crippen LogP contribution in [0.15, 0.2) is 24.4 Å². The molecule has 0 radical (unpaired) electrons. The molecule has 1 aliphatic rings. The highest BCUT2D eigenvalue weighted by atomic mass is 19.4. The van der Waals surface area contributed by atoms with Gasteiger partial charge in [-0.3, -0.25) is 4.90 Å². The fourth-order valence-corrected chi connectivity index (χ4v) is 2.45. The number of alkyl halides is 3. The van der Waals surface area contributed by atoms with Crippen LogP contribution in [0.1, 0.15) is 11.1 Å². The van der Waals surface area contributed by atoms with Gasteiger partial charge in [-0.05, 0) is 23.4 Å². The number of aromatic nitrogens is 5. The van der Waals surface area contributed by atoms with Gasteiger partial charge >= 0.3 is 18.2 Å². The molecule has 1 aromatic carbocycles. The van der Waals surface area contributed by atoms with Crippen molar-refractivity contribution in [3.05, 3.63) is 35.5 Å². The van der Waals surface area contributed by atoms with Crippen LogP contribution < -0.4 is 15.1 Å². The van der Waals surface area contributed by atoms with Gasteiger partial charge in [-0.15, -0.1) is 5.10 Å². The van der Waals surface area contributed by atoms with Crippen LogP contribution >= 0.6 is 0 Å². The zero-order valence-corrected chi connectivity index (χ0v) is 13.2. The summed E-state index contributed by atoms with van der Waals surface area (Å²) in [5.41, 5.74) is 0.0761. The van der Waals surface area contributed by atoms with Crippen molar-refractivity contribution >= 4 is 22.9 Å². The number of urea groups is 1. The van der Waals surface area contributed by atoms with Gasteiger partial charge < -0.3 is 10.2 Å². The number of anilines is 1. The van der Waals surface area contributed by atoms with E-state index >= 15 is 0 Å². The fourth-order valence-electron chi connectivity index (χ4n) is 2.45. The molecule has 2 amide bonds. The summed E-state index contributed by atoms with van der Waals surface area (Å²) in [4.78, 5) is 27.4. The van der Waals surface area contributed by atoms with Crippen LogP contribution in [0.4, 0.5) is 23.8 Å². The van der Waals surface area contributed by atoms with E-state index in [0.717, 1.165) is 17.0 Å². The number of hydrogen-bond acceptors (Lipinski definition) is 6. The summed E-state index contributed by atoms with van der Waals surface area (Å²) in [6, 6.07) is 2.51. The quantitative estimate of drug-likeness (QED) is 0.743. The van der Waals surface area contributed by atoms with Crippen LogP contribution in [-0.4, -0.2) is 38.2 Å². The molecular weight excluding hydrogens is 355 g/mol. The van der Waals surface area contributed by atoms with Gasteiger partial charge in [0.2, 0.25) is 0 Å². The summed E-state index contributed by atoms with van der Waals surface area (Å²) in [7, 11) is 1.54. The van der Waals surface area contributed by atoms with Crippen LogP contribution in [0, 0.1) is 0 Å². The lowest BCUT2D eigenvalue weighted by Gasteiger charge is -2.24. The van der Waals surface area contributed by atoms with E-state index < -0.39 is 11.7 Å². The largest absolute Gasteiger partial charge is 0.416 e. The predicted molar refractivity (Wildman–Crippen MR) is 81.2 cm³/mol. The average Bonchev–Trinajstić information content (AvgIpc) is 3.00. The number of fused-ring (bicyclic) bond motifs is 2. The Morgan fingerprint density at radius 3 is 2.88 bits per heavy atom. The van der Waals surface area contributed by atoms with Crippen molar-refractivity contribution in [3.8, 4) is 6.01 Å². The number of amides is 2. The van der Waals surface area contributed by atoms with Crippen LogP contribution in [0.3, 0.4) is 0 Å². The Bertz CT molecular complexity index is 1020. The molecule has 1 aliphatic heterocycles. The van der Waals surface area contributed by atoms with Crippen LogP contribution in [0.5, 0.6) is 6.01 Å². The van der Waals surface area contributed by atoms with Gasteiger partial charge in [0.1, 0.15) is 16.9 Å². The van der Waals surface area contributed by atoms with Gasteiger partial charge in [0.25, 0.3) is 0 Å². The molecule has 134 valence electrons. The molecule has 1 N–H and O–H groups in total. The number of rotatable bonds is 2. The standard InChI is InChI=1S/C14H10F3N7O2/c1-23-11-7(6-19-13(23)25)5-18-12(20-11)26-24-10-3-2-8(14(15,16)17)4-9(10)21-22-24/h2-5H,6H2,1H3,(H,19,25). The van der Waals surface area contributed by atoms with Crippen LogP contribution in [0.2, 0.25) is 0 Å². The molecule has 0 saturated carbocycles. The van der Waals surface area contributed by atoms with Gasteiger partial charge in [-0.2, -0.15) is 18.2 Å². The van der Waals surface area contributed by atoms with Gasteiger partial charge in [0.05, 0.1) is 5.56 Å². The van der Waals surface area contributed by atoms with Crippen LogP contribution in [-0.2, 0) is 12.7 Å². The summed E-state index contributed by atoms with van der Waals surface area (Å²) in [5, 5.41) is 9.97. The first kappa shape index (κ1) is 16.1. The first-order valence-electron chi connectivity index (χ1n) is 7.31. The van der Waals surface area contributed by atoms with Crippen molar-refractivity contribution in [1.29, 1.82) is 0 Å². The third-order valence-electron chi connectivity index (χ3n) is 3.78. The van der Waals surface area contributed by atoms with Gasteiger partial charge in [-0.1, -0.05) is 4.85 Å². The van der Waals surface area contributed by atoms with E-state index in [4.69, 9.17) is 4.84 Å². The van der Waals surface area contributed by atoms with Crippen molar-refractivity contribution in [2.24, 2.45) is 0 Å². The Kier molecular flexibility index (Phi) is 3.42. The van der Waals surface area contributed by atoms with E-state index in [-0.39, 0.29) is 29.6 Å². The maximum absolute atomic E-state index is 12.8. The highest BCUT2D eigenvalue weighted by Crippen LogP contribution is 2.31. The van der Waals surface area contributed by atoms with E-state index in [1.165, 1.54) is 24.2 Å². The van der Waals surface area contributed by atoms with Gasteiger partial charge in [0, 0.05) is 25.4 Å². The molecule has 0 atom stereocenters. The predicted octanol–water partition coefficient (Wildman–Crippen LogP) is 1.74. The third kappa shape index (κ3) is 2.64. The lowest BCUT2D eigenvalue weighted by Crippen LogP contribution is -2.42. The smallest absolute Gasteiger partial charge is 0.333 e. The van der Waals surface area contributed by atoms with E-state index in [9.17, 15) is 18.0 Å². The van der Waals surface area contributed by atoms with Gasteiger partial charge in [-0.25, -0.2) is 9.78 Å². The van der Waals surface area contributed by atoms with Crippen molar-refractivity contribution in [2.75, 3.05) is 11.9 Å². The zero-order chi connectivity index (χ0) is 18.5. The van der Waals surface area contributed by atoms with E-state index in [1.54, 1.807) is 0 Å². The minimum atomic E-state index is -4.48. The van der Waals surface area contributed by atoms with E-state index in [1.807, 2.05) is 0 Å². The molecule has 3 heterocycles. The number of benzene rings is 1. The number of halogens is 3. The Morgan fingerprint density at radius 2 is 2.12 bits per heavy atom. The molecule has 0 saturated heterocycles. The first-order chi connectivity index (χ1) is 12.3. The lowest BCUT2D eigenvalue weighted by atomic mass is 10.2. The summed E-state index contributed by atoms with van der Waals surface area (Å²) in [5.74, 6) is 0.363. The number of nitrogens with one attached hydrogen (secondary N) is 1. The Balaban J connectivity index is 1.67. The lowest BCUT2D eigenvalue weighted by molar-refractivity contribution is -0.137. The SMILES string of the molecule is CN1C(=O)NCc2cnc(On3nnc4cc(C(F)(F)F)ccc43)nc21. The van der Waals surface area contributed by atoms with Crippen molar-refractivity contribution in [3.63, 3.8) is 0 Å². The first-order valence-corrected chi connectivity index (χ1v) is 7.31. The molecule has 26 heavy (non-hydrogen) atoms. The molecule has 0 fully saturated rings. The Labute approximate surface area is 143 Å². The molecule has 0 unspecified atom stereocenters. The normalized spacial score (nSPS) is 14.3. The summed E-state index contributed by atoms with van der Waals surface area (Å²) in [6.45, 7) is 0.283. The molecular formula is C14H10F3N7O2. The monoisotopic (exact) mass is 365 g/mol. The highest BCUT2D eigenvalue weighted by molar-refractivity contribution is 5.92. The van der Waals surface area contributed by atoms with Crippen molar-refractivity contribution in [1.82, 2.24) is 30.4 Å². The second kappa shape index (κ2) is 5.54. The number of carbonyl (C=O) groups is 1. The molecule has 9 nitrogen and oxygen atoms in total. The second-order valence-electron chi connectivity index (χ2n) is 5.47. The molecule has 2 aromatic heterocycles. The molecule has 0 aliphatic carbocycles. The summed E-state index contributed by atoms with van der Waals surface area (Å²) < 4.78 is 38.3. The van der Waals surface area contributed by atoms with Gasteiger partial charge in [0.15, 0.2) is 0 Å². The van der Waals surface area contributed by atoms with Crippen LogP contribution in [0.25, 0.3) is 11.0 Å². The highest BCUT2D eigenvalue weighted by Gasteiger charge is 2.31. The molecule has 0 bridgehead atoms. The minimum Gasteiger partial charge on any atom is -0.333 e. The Morgan fingerprint density at radius 1 is 1.31 bits per heavy atom. The third-order valence-corrected chi connectivity index (χ3v) is 3.78. The molecule has 0 spiro atoms. The maximum Gasteiger partial charge on any atom is 0.416 e. The second-order valence-corrected chi connectivity index (χ2v) is 5.47. The molecule has 12 heteroatoms.